The highest BCUT2D eigenvalue weighted by atomic mass is 16.1. The molecule has 0 unspecified atom stereocenters. The number of allylic oxidation sites excluding steroid dienone is 1. The summed E-state index contributed by atoms with van der Waals surface area (Å²) in [6.45, 7) is 3.73. The van der Waals surface area contributed by atoms with Gasteiger partial charge in [-0.2, -0.15) is 0 Å². The fourth-order valence-corrected chi connectivity index (χ4v) is 1.57. The van der Waals surface area contributed by atoms with E-state index in [1.807, 2.05) is 0 Å². The van der Waals surface area contributed by atoms with Crippen LogP contribution in [0.25, 0.3) is 0 Å². The van der Waals surface area contributed by atoms with Gasteiger partial charge in [0.1, 0.15) is 6.29 Å². The first kappa shape index (κ1) is 7.52. The van der Waals surface area contributed by atoms with Crippen LogP contribution in [0, 0.1) is 5.92 Å². The minimum Gasteiger partial charge on any atom is -0.298 e. The molecule has 0 saturated heterocycles. The Morgan fingerprint density at radius 1 is 1.30 bits per heavy atom. The average Bonchev–Trinajstić information content (AvgIpc) is 2.05. The summed E-state index contributed by atoms with van der Waals surface area (Å²) in [5.41, 5.74) is 0.805. The van der Waals surface area contributed by atoms with E-state index in [4.69, 9.17) is 0 Å². The second-order valence-corrected chi connectivity index (χ2v) is 3.03. The number of carbonyl (C=O) groups is 1. The van der Waals surface area contributed by atoms with Gasteiger partial charge >= 0.3 is 0 Å². The summed E-state index contributed by atoms with van der Waals surface area (Å²) in [6, 6.07) is 0. The fraction of sp³-hybridized carbons (Fsp3) is 0.667. The van der Waals surface area contributed by atoms with Crippen LogP contribution in [0.2, 0.25) is 0 Å². The lowest BCUT2D eigenvalue weighted by atomic mass is 9.85. The van der Waals surface area contributed by atoms with E-state index in [0.29, 0.717) is 5.92 Å². The Labute approximate surface area is 62.1 Å². The molecule has 0 aromatic carbocycles. The molecule has 0 spiro atoms. The molecule has 0 aromatic heterocycles. The molecule has 1 fully saturated rings. The van der Waals surface area contributed by atoms with Gasteiger partial charge in [-0.3, -0.25) is 4.79 Å². The van der Waals surface area contributed by atoms with E-state index in [1.165, 1.54) is 32.1 Å². The Bertz CT molecular complexity index is 132. The highest BCUT2D eigenvalue weighted by molar-refractivity contribution is 5.72. The Morgan fingerprint density at radius 3 is 2.40 bits per heavy atom. The fourth-order valence-electron chi connectivity index (χ4n) is 1.57. The molecule has 0 atom stereocenters. The van der Waals surface area contributed by atoms with E-state index >= 15 is 0 Å². The lowest BCUT2D eigenvalue weighted by Gasteiger charge is -2.20. The monoisotopic (exact) mass is 138 g/mol. The zero-order valence-electron chi connectivity index (χ0n) is 6.31. The normalized spacial score (nSPS) is 20.4. The molecular weight excluding hydrogens is 124 g/mol. The number of rotatable bonds is 2. The van der Waals surface area contributed by atoms with Crippen molar-refractivity contribution in [2.75, 3.05) is 0 Å². The van der Waals surface area contributed by atoms with Crippen molar-refractivity contribution in [3.05, 3.63) is 12.2 Å². The van der Waals surface area contributed by atoms with Crippen molar-refractivity contribution >= 4 is 6.29 Å². The maximum atomic E-state index is 10.3. The quantitative estimate of drug-likeness (QED) is 0.423. The summed E-state index contributed by atoms with van der Waals surface area (Å²) >= 11 is 0. The van der Waals surface area contributed by atoms with Crippen molar-refractivity contribution in [2.24, 2.45) is 5.92 Å². The van der Waals surface area contributed by atoms with Gasteiger partial charge in [0, 0.05) is 0 Å². The van der Waals surface area contributed by atoms with Crippen LogP contribution in [0.5, 0.6) is 0 Å². The van der Waals surface area contributed by atoms with Crippen molar-refractivity contribution in [1.29, 1.82) is 0 Å². The summed E-state index contributed by atoms with van der Waals surface area (Å²) < 4.78 is 0. The van der Waals surface area contributed by atoms with Crippen LogP contribution in [-0.2, 0) is 4.79 Å². The van der Waals surface area contributed by atoms with Gasteiger partial charge in [-0.05, 0) is 24.3 Å². The third kappa shape index (κ3) is 1.69. The summed E-state index contributed by atoms with van der Waals surface area (Å²) in [5.74, 6) is 0.506. The predicted octanol–water partition coefficient (Wildman–Crippen LogP) is 2.32. The Hall–Kier alpha value is -0.590. The molecule has 10 heavy (non-hydrogen) atoms. The van der Waals surface area contributed by atoms with Gasteiger partial charge in [0.25, 0.3) is 0 Å². The van der Waals surface area contributed by atoms with Gasteiger partial charge in [0.2, 0.25) is 0 Å². The van der Waals surface area contributed by atoms with Crippen LogP contribution in [-0.4, -0.2) is 6.29 Å². The van der Waals surface area contributed by atoms with E-state index in [9.17, 15) is 4.79 Å². The molecule has 1 heteroatoms. The van der Waals surface area contributed by atoms with Crippen LogP contribution in [0.4, 0.5) is 0 Å². The predicted molar refractivity (Wildman–Crippen MR) is 41.8 cm³/mol. The number of hydrogen-bond donors (Lipinski definition) is 0. The smallest absolute Gasteiger partial charge is 0.145 e. The van der Waals surface area contributed by atoms with Gasteiger partial charge in [0.15, 0.2) is 0 Å². The first-order chi connectivity index (χ1) is 4.84. The Balaban J connectivity index is 2.38. The van der Waals surface area contributed by atoms with Crippen molar-refractivity contribution in [2.45, 2.75) is 32.1 Å². The summed E-state index contributed by atoms with van der Waals surface area (Å²) in [4.78, 5) is 10.3. The maximum Gasteiger partial charge on any atom is 0.145 e. The van der Waals surface area contributed by atoms with E-state index < -0.39 is 0 Å². The number of carbonyl (C=O) groups excluding carboxylic acids is 1. The zero-order valence-corrected chi connectivity index (χ0v) is 6.31. The molecular formula is C9H14O. The minimum atomic E-state index is 0.506. The Kier molecular flexibility index (Phi) is 2.67. The molecule has 1 nitrogen and oxygen atoms in total. The van der Waals surface area contributed by atoms with Crippen LogP contribution in [0.3, 0.4) is 0 Å². The summed E-state index contributed by atoms with van der Waals surface area (Å²) in [7, 11) is 0. The molecule has 56 valence electrons. The van der Waals surface area contributed by atoms with Gasteiger partial charge in [-0.25, -0.2) is 0 Å². The topological polar surface area (TPSA) is 17.1 Å². The van der Waals surface area contributed by atoms with E-state index in [1.54, 1.807) is 0 Å². The van der Waals surface area contributed by atoms with Gasteiger partial charge in [-0.1, -0.05) is 25.8 Å². The molecule has 0 bridgehead atoms. The van der Waals surface area contributed by atoms with Gasteiger partial charge in [-0.15, -0.1) is 0 Å². The van der Waals surface area contributed by atoms with Gasteiger partial charge < -0.3 is 0 Å². The molecule has 0 aromatic rings. The third-order valence-electron chi connectivity index (χ3n) is 2.28. The summed E-state index contributed by atoms with van der Waals surface area (Å²) in [6.07, 6.45) is 7.16. The van der Waals surface area contributed by atoms with Crippen LogP contribution >= 0.6 is 0 Å². The van der Waals surface area contributed by atoms with Crippen molar-refractivity contribution < 1.29 is 4.79 Å². The highest BCUT2D eigenvalue weighted by Gasteiger charge is 2.15. The molecule has 0 amide bonds. The summed E-state index contributed by atoms with van der Waals surface area (Å²) in [5, 5.41) is 0. The molecule has 1 aliphatic rings. The molecule has 0 aliphatic heterocycles. The van der Waals surface area contributed by atoms with Crippen molar-refractivity contribution in [1.82, 2.24) is 0 Å². The SMILES string of the molecule is C=C(C=O)C1CCCCC1. The minimum absolute atomic E-state index is 0.506. The molecule has 1 aliphatic carbocycles. The van der Waals surface area contributed by atoms with E-state index in [0.717, 1.165) is 11.9 Å². The number of hydrogen-bond acceptors (Lipinski definition) is 1. The lowest BCUT2D eigenvalue weighted by molar-refractivity contribution is -0.105. The second-order valence-electron chi connectivity index (χ2n) is 3.03. The van der Waals surface area contributed by atoms with E-state index in [-0.39, 0.29) is 0 Å². The standard InChI is InChI=1S/C9H14O/c1-8(7-10)9-5-3-2-4-6-9/h7,9H,1-6H2. The Morgan fingerprint density at radius 2 is 1.90 bits per heavy atom. The van der Waals surface area contributed by atoms with Crippen molar-refractivity contribution in [3.8, 4) is 0 Å². The lowest BCUT2D eigenvalue weighted by Crippen LogP contribution is -2.08. The van der Waals surface area contributed by atoms with Crippen LogP contribution in [0.1, 0.15) is 32.1 Å². The van der Waals surface area contributed by atoms with Gasteiger partial charge in [0.05, 0.1) is 0 Å². The zero-order chi connectivity index (χ0) is 7.40. The second kappa shape index (κ2) is 3.55. The first-order valence-corrected chi connectivity index (χ1v) is 3.98. The molecule has 0 heterocycles. The van der Waals surface area contributed by atoms with Crippen molar-refractivity contribution in [3.63, 3.8) is 0 Å². The molecule has 0 radical (unpaired) electrons. The largest absolute Gasteiger partial charge is 0.298 e. The number of aldehydes is 1. The third-order valence-corrected chi connectivity index (χ3v) is 2.28. The molecule has 1 saturated carbocycles. The average molecular weight is 138 g/mol. The van der Waals surface area contributed by atoms with Crippen LogP contribution < -0.4 is 0 Å². The molecule has 1 rings (SSSR count). The molecule has 0 N–H and O–H groups in total. The first-order valence-electron chi connectivity index (χ1n) is 3.98. The maximum absolute atomic E-state index is 10.3. The van der Waals surface area contributed by atoms with E-state index in [2.05, 4.69) is 6.58 Å². The van der Waals surface area contributed by atoms with Crippen LogP contribution in [0.15, 0.2) is 12.2 Å². The highest BCUT2D eigenvalue weighted by Crippen LogP contribution is 2.27.